The van der Waals surface area contributed by atoms with Crippen molar-refractivity contribution in [3.63, 3.8) is 0 Å². The van der Waals surface area contributed by atoms with Crippen LogP contribution in [0.5, 0.6) is 0 Å². The van der Waals surface area contributed by atoms with E-state index in [0.717, 1.165) is 57.1 Å². The highest BCUT2D eigenvalue weighted by Crippen LogP contribution is 2.12. The predicted molar refractivity (Wildman–Crippen MR) is 228 cm³/mol. The first-order valence-electron chi connectivity index (χ1n) is 22.6. The van der Waals surface area contributed by atoms with Crippen LogP contribution in [-0.4, -0.2) is 65.1 Å². The van der Waals surface area contributed by atoms with Crippen LogP contribution in [0.4, 0.5) is 0 Å². The number of carbonyl (C=O) groups excluding carboxylic acids is 3. The van der Waals surface area contributed by atoms with E-state index in [-0.39, 0.29) is 44.1 Å². The number of carbonyl (C=O) groups is 3. The zero-order valence-electron chi connectivity index (χ0n) is 35.4. The van der Waals surface area contributed by atoms with E-state index < -0.39 is 6.04 Å². The molecule has 3 N–H and O–H groups in total. The first-order chi connectivity index (χ1) is 27.0. The van der Waals surface area contributed by atoms with Crippen LogP contribution in [0.25, 0.3) is 0 Å². The summed E-state index contributed by atoms with van der Waals surface area (Å²) in [6.45, 7) is 5.06. The van der Waals surface area contributed by atoms with Gasteiger partial charge in [0.15, 0.2) is 0 Å². The van der Waals surface area contributed by atoms with E-state index in [2.05, 4.69) is 48.1 Å². The summed E-state index contributed by atoms with van der Waals surface area (Å²) in [5.74, 6) is -0.785. The van der Waals surface area contributed by atoms with Gasteiger partial charge in [0.25, 0.3) is 0 Å². The molecule has 0 saturated heterocycles. The fourth-order valence-corrected chi connectivity index (χ4v) is 6.65. The molecule has 0 radical (unpaired) electrons. The summed E-state index contributed by atoms with van der Waals surface area (Å²) < 4.78 is 11.0. The smallest absolute Gasteiger partial charge is 0.305 e. The molecule has 9 heteroatoms. The molecular weight excluding hydrogens is 689 g/mol. The van der Waals surface area contributed by atoms with Crippen LogP contribution in [0.3, 0.4) is 0 Å². The standard InChI is InChI=1S/C46H82N4O5/c1-3-5-7-9-11-13-15-17-19-21-23-25-27-29-31-33-44(51)54-37-35-50(46(53)43(47)39-42-40-48-41-49-42)36-38-55-45(52)34-32-30-28-26-24-22-20-18-16-14-12-10-8-6-4-2/h17-20,40-41,43H,3-16,21-39,47H2,1-2H3,(H,48,49)/b19-17-,20-18-. The summed E-state index contributed by atoms with van der Waals surface area (Å²) in [4.78, 5) is 46.6. The number of nitrogens with zero attached hydrogens (tertiary/aromatic N) is 2. The molecule has 55 heavy (non-hydrogen) atoms. The second-order valence-corrected chi connectivity index (χ2v) is 15.3. The Bertz CT molecular complexity index is 1030. The van der Waals surface area contributed by atoms with Gasteiger partial charge in [0.1, 0.15) is 13.2 Å². The van der Waals surface area contributed by atoms with Crippen molar-refractivity contribution in [2.75, 3.05) is 26.3 Å². The number of unbranched alkanes of at least 4 members (excludes halogenated alkanes) is 22. The number of amides is 1. The summed E-state index contributed by atoms with van der Waals surface area (Å²) in [5.41, 5.74) is 7.01. The Morgan fingerprint density at radius 2 is 1.00 bits per heavy atom. The second-order valence-electron chi connectivity index (χ2n) is 15.3. The van der Waals surface area contributed by atoms with Gasteiger partial charge in [-0.3, -0.25) is 14.4 Å². The Morgan fingerprint density at radius 3 is 1.38 bits per heavy atom. The first kappa shape index (κ1) is 50.1. The van der Waals surface area contributed by atoms with E-state index in [1.165, 1.54) is 120 Å². The number of imidazole rings is 1. The number of rotatable bonds is 39. The molecule has 0 aliphatic carbocycles. The maximum absolute atomic E-state index is 13.3. The number of allylic oxidation sites excluding steroid dienone is 4. The average molecular weight is 771 g/mol. The van der Waals surface area contributed by atoms with Gasteiger partial charge >= 0.3 is 11.9 Å². The third-order valence-electron chi connectivity index (χ3n) is 10.2. The Kier molecular flexibility index (Phi) is 34.6. The quantitative estimate of drug-likeness (QED) is 0.0387. The molecule has 0 saturated carbocycles. The molecule has 1 amide bonds. The lowest BCUT2D eigenvalue weighted by Gasteiger charge is -2.25. The largest absolute Gasteiger partial charge is 0.464 e. The van der Waals surface area contributed by atoms with Gasteiger partial charge in [0.05, 0.1) is 25.5 Å². The molecule has 0 spiro atoms. The van der Waals surface area contributed by atoms with Crippen molar-refractivity contribution in [1.29, 1.82) is 0 Å². The van der Waals surface area contributed by atoms with Crippen LogP contribution in [0.1, 0.15) is 199 Å². The average Bonchev–Trinajstić information content (AvgIpc) is 3.70. The molecule has 1 unspecified atom stereocenters. The van der Waals surface area contributed by atoms with E-state index in [9.17, 15) is 14.4 Å². The van der Waals surface area contributed by atoms with E-state index in [1.54, 1.807) is 12.5 Å². The van der Waals surface area contributed by atoms with Crippen LogP contribution in [-0.2, 0) is 30.3 Å². The molecule has 1 heterocycles. The maximum atomic E-state index is 13.3. The summed E-state index contributed by atoms with van der Waals surface area (Å²) in [6, 6.07) is -0.793. The number of aromatic nitrogens is 2. The minimum absolute atomic E-state index is 0.0787. The molecule has 1 rings (SSSR count). The van der Waals surface area contributed by atoms with Crippen molar-refractivity contribution >= 4 is 17.8 Å². The summed E-state index contributed by atoms with van der Waals surface area (Å²) in [6.07, 6.45) is 44.9. The van der Waals surface area contributed by atoms with Crippen molar-refractivity contribution in [2.45, 2.75) is 206 Å². The molecule has 1 aromatic rings. The molecule has 0 fully saturated rings. The number of hydrogen-bond acceptors (Lipinski definition) is 7. The van der Waals surface area contributed by atoms with E-state index in [0.29, 0.717) is 19.3 Å². The van der Waals surface area contributed by atoms with Gasteiger partial charge in [0.2, 0.25) is 5.91 Å². The zero-order valence-corrected chi connectivity index (χ0v) is 35.4. The van der Waals surface area contributed by atoms with Crippen LogP contribution in [0, 0.1) is 0 Å². The predicted octanol–water partition coefficient (Wildman–Crippen LogP) is 11.3. The monoisotopic (exact) mass is 771 g/mol. The fourth-order valence-electron chi connectivity index (χ4n) is 6.65. The minimum Gasteiger partial charge on any atom is -0.464 e. The van der Waals surface area contributed by atoms with Crippen molar-refractivity contribution in [1.82, 2.24) is 14.9 Å². The number of nitrogens with two attached hydrogens (primary N) is 1. The van der Waals surface area contributed by atoms with Crippen molar-refractivity contribution in [3.8, 4) is 0 Å². The van der Waals surface area contributed by atoms with Gasteiger partial charge in [-0.2, -0.15) is 0 Å². The summed E-state index contributed by atoms with van der Waals surface area (Å²) in [7, 11) is 0. The van der Waals surface area contributed by atoms with Crippen molar-refractivity contribution < 1.29 is 23.9 Å². The van der Waals surface area contributed by atoms with Crippen molar-refractivity contribution in [3.05, 3.63) is 42.5 Å². The SMILES string of the molecule is CCCCCCCC/C=C\CCCCCCCC(=O)OCCN(CCOC(=O)CCCCCCC/C=C\CCCCCCCC)C(=O)C(N)Cc1cnc[nH]1. The van der Waals surface area contributed by atoms with Gasteiger partial charge in [-0.05, 0) is 64.2 Å². The Labute approximate surface area is 336 Å². The first-order valence-corrected chi connectivity index (χ1v) is 22.6. The number of H-pyrrole nitrogens is 1. The van der Waals surface area contributed by atoms with Gasteiger partial charge in [-0.25, -0.2) is 4.98 Å². The highest BCUT2D eigenvalue weighted by molar-refractivity contribution is 5.82. The lowest BCUT2D eigenvalue weighted by molar-refractivity contribution is -0.148. The number of hydrogen-bond donors (Lipinski definition) is 2. The molecule has 0 bridgehead atoms. The van der Waals surface area contributed by atoms with Crippen molar-refractivity contribution in [2.24, 2.45) is 5.73 Å². The fraction of sp³-hybridized carbons (Fsp3) is 0.783. The molecule has 1 atom stereocenters. The third-order valence-corrected chi connectivity index (χ3v) is 10.2. The molecule has 1 aromatic heterocycles. The molecule has 9 nitrogen and oxygen atoms in total. The van der Waals surface area contributed by atoms with Gasteiger partial charge in [-0.1, -0.05) is 141 Å². The Balaban J connectivity index is 2.22. The highest BCUT2D eigenvalue weighted by Gasteiger charge is 2.22. The highest BCUT2D eigenvalue weighted by atomic mass is 16.5. The maximum Gasteiger partial charge on any atom is 0.305 e. The molecule has 316 valence electrons. The van der Waals surface area contributed by atoms with E-state index >= 15 is 0 Å². The number of nitrogens with one attached hydrogen (secondary N) is 1. The molecular formula is C46H82N4O5. The summed E-state index contributed by atoms with van der Waals surface area (Å²) >= 11 is 0. The number of esters is 2. The second kappa shape index (κ2) is 38.0. The minimum atomic E-state index is -0.793. The number of aromatic amines is 1. The van der Waals surface area contributed by atoms with E-state index in [1.807, 2.05) is 0 Å². The normalized spacial score (nSPS) is 12.1. The Hall–Kier alpha value is -2.94. The lowest BCUT2D eigenvalue weighted by atomic mass is 10.1. The number of ether oxygens (including phenoxy) is 2. The lowest BCUT2D eigenvalue weighted by Crippen LogP contribution is -2.47. The van der Waals surface area contributed by atoms with Crippen LogP contribution >= 0.6 is 0 Å². The van der Waals surface area contributed by atoms with Gasteiger partial charge in [0, 0.05) is 31.2 Å². The third kappa shape index (κ3) is 31.9. The molecule has 0 aromatic carbocycles. The molecule has 0 aliphatic heterocycles. The van der Waals surface area contributed by atoms with Crippen LogP contribution in [0.2, 0.25) is 0 Å². The molecule has 0 aliphatic rings. The zero-order chi connectivity index (χ0) is 39.9. The van der Waals surface area contributed by atoms with E-state index in [4.69, 9.17) is 15.2 Å². The topological polar surface area (TPSA) is 128 Å². The summed E-state index contributed by atoms with van der Waals surface area (Å²) in [5, 5.41) is 0. The Morgan fingerprint density at radius 1 is 0.618 bits per heavy atom. The van der Waals surface area contributed by atoms with Gasteiger partial charge < -0.3 is 25.1 Å². The van der Waals surface area contributed by atoms with Crippen LogP contribution < -0.4 is 5.73 Å². The van der Waals surface area contributed by atoms with Crippen LogP contribution in [0.15, 0.2) is 36.8 Å². The van der Waals surface area contributed by atoms with Gasteiger partial charge in [-0.15, -0.1) is 0 Å².